The number of hydrogen-bond acceptors (Lipinski definition) is 7. The molecular formula is C38H60O8. The van der Waals surface area contributed by atoms with Gasteiger partial charge in [-0.2, -0.15) is 0 Å². The monoisotopic (exact) mass is 644 g/mol. The maximum absolute atomic E-state index is 14.6. The Hall–Kier alpha value is -1.77. The van der Waals surface area contributed by atoms with Crippen LogP contribution in [0.3, 0.4) is 0 Å². The molecule has 0 aromatic rings. The first-order valence-corrected chi connectivity index (χ1v) is 17.8. The Morgan fingerprint density at radius 1 is 0.826 bits per heavy atom. The van der Waals surface area contributed by atoms with Crippen LogP contribution >= 0.6 is 0 Å². The number of aliphatic carboxylic acids is 1. The highest BCUT2D eigenvalue weighted by Crippen LogP contribution is 2.75. The Bertz CT molecular complexity index is 1220. The van der Waals surface area contributed by atoms with E-state index in [2.05, 4.69) is 41.5 Å². The highest BCUT2D eigenvalue weighted by Gasteiger charge is 2.70. The first-order chi connectivity index (χ1) is 21.5. The Kier molecular flexibility index (Phi) is 9.73. The van der Waals surface area contributed by atoms with Crippen LogP contribution in [-0.4, -0.2) is 69.6 Å². The number of carboxylic acids is 1. The molecule has 8 heteroatoms. The SMILES string of the molecule is COCCOCCOCCOC(=O)[C@H]1CC[C@]2(C)[C@H]3C(=O)C=C4[C@@H]5C[C@@](C)(C(=O)O)CC[C@]5(C)CC[C@@]4(C)[C@]3(C)CC[C@H]2C1(C)C. The van der Waals surface area contributed by atoms with Crippen molar-refractivity contribution in [3.05, 3.63) is 11.6 Å². The lowest BCUT2D eigenvalue weighted by Crippen LogP contribution is -2.66. The standard InChI is InChI=1S/C38H60O8/c1-33(2)25(31(40)46-22-21-45-20-19-44-18-17-43-8)9-11-36(5)29(33)10-12-38(7)30(36)28(39)23-26-27-24-35(4,32(41)42)14-13-34(27,3)15-16-37(26,38)6/h23,25,27,29-30H,9-22,24H2,1-8H3,(H,41,42)/t25-,27+,29+,30-,34-,35+,36+,37-,38-/m1/s1. The predicted molar refractivity (Wildman–Crippen MR) is 175 cm³/mol. The van der Waals surface area contributed by atoms with Crippen molar-refractivity contribution in [2.24, 2.45) is 56.2 Å². The van der Waals surface area contributed by atoms with Gasteiger partial charge in [-0.1, -0.05) is 47.1 Å². The molecule has 5 aliphatic carbocycles. The van der Waals surface area contributed by atoms with Crippen LogP contribution in [0.25, 0.3) is 0 Å². The maximum Gasteiger partial charge on any atom is 0.309 e. The van der Waals surface area contributed by atoms with E-state index in [-0.39, 0.29) is 69.1 Å². The number of rotatable bonds is 11. The summed E-state index contributed by atoms with van der Waals surface area (Å²) in [6, 6.07) is 0. The van der Waals surface area contributed by atoms with Crippen molar-refractivity contribution in [2.75, 3.05) is 46.8 Å². The molecule has 5 rings (SSSR count). The molecule has 4 fully saturated rings. The van der Waals surface area contributed by atoms with Crippen molar-refractivity contribution in [2.45, 2.75) is 106 Å². The number of allylic oxidation sites excluding steroid dienone is 2. The summed E-state index contributed by atoms with van der Waals surface area (Å²) in [5, 5.41) is 10.2. The Balaban J connectivity index is 1.32. The van der Waals surface area contributed by atoms with Crippen LogP contribution in [0.15, 0.2) is 11.6 Å². The van der Waals surface area contributed by atoms with Gasteiger partial charge < -0.3 is 24.1 Å². The van der Waals surface area contributed by atoms with E-state index in [1.165, 1.54) is 5.57 Å². The summed E-state index contributed by atoms with van der Waals surface area (Å²) in [5.74, 6) is -0.659. The molecule has 1 N–H and O–H groups in total. The molecule has 8 nitrogen and oxygen atoms in total. The molecule has 0 amide bonds. The van der Waals surface area contributed by atoms with Crippen LogP contribution in [0, 0.1) is 56.2 Å². The van der Waals surface area contributed by atoms with Gasteiger partial charge in [0.15, 0.2) is 5.78 Å². The number of esters is 1. The van der Waals surface area contributed by atoms with Gasteiger partial charge in [0, 0.05) is 13.0 Å². The molecule has 0 aliphatic heterocycles. The minimum absolute atomic E-state index is 0.0359. The molecule has 0 heterocycles. The van der Waals surface area contributed by atoms with E-state index < -0.39 is 11.4 Å². The Morgan fingerprint density at radius 3 is 2.11 bits per heavy atom. The van der Waals surface area contributed by atoms with Crippen LogP contribution in [0.5, 0.6) is 0 Å². The smallest absolute Gasteiger partial charge is 0.309 e. The van der Waals surface area contributed by atoms with E-state index in [1.807, 2.05) is 13.0 Å². The normalized spacial score (nSPS) is 43.0. The minimum Gasteiger partial charge on any atom is -0.481 e. The van der Waals surface area contributed by atoms with Gasteiger partial charge in [-0.05, 0) is 110 Å². The van der Waals surface area contributed by atoms with E-state index >= 15 is 0 Å². The van der Waals surface area contributed by atoms with E-state index in [1.54, 1.807) is 7.11 Å². The lowest BCUT2D eigenvalue weighted by atomic mass is 9.33. The van der Waals surface area contributed by atoms with Gasteiger partial charge in [0.25, 0.3) is 0 Å². The summed E-state index contributed by atoms with van der Waals surface area (Å²) in [6.07, 6.45) is 9.74. The third kappa shape index (κ3) is 5.60. The van der Waals surface area contributed by atoms with Crippen molar-refractivity contribution in [1.82, 2.24) is 0 Å². The second-order valence-corrected chi connectivity index (χ2v) is 17.4. The molecule has 0 unspecified atom stereocenters. The van der Waals surface area contributed by atoms with Gasteiger partial charge in [-0.15, -0.1) is 0 Å². The number of fused-ring (bicyclic) bond motifs is 7. The van der Waals surface area contributed by atoms with E-state index in [0.717, 1.165) is 38.5 Å². The van der Waals surface area contributed by atoms with Gasteiger partial charge in [-0.3, -0.25) is 14.4 Å². The zero-order valence-corrected chi connectivity index (χ0v) is 29.8. The zero-order valence-electron chi connectivity index (χ0n) is 29.8. The van der Waals surface area contributed by atoms with Crippen LogP contribution in [-0.2, 0) is 33.3 Å². The van der Waals surface area contributed by atoms with Gasteiger partial charge in [0.05, 0.1) is 44.4 Å². The van der Waals surface area contributed by atoms with E-state index in [4.69, 9.17) is 18.9 Å². The summed E-state index contributed by atoms with van der Waals surface area (Å²) >= 11 is 0. The number of methoxy groups -OCH3 is 1. The molecular weight excluding hydrogens is 584 g/mol. The predicted octanol–water partition coefficient (Wildman–Crippen LogP) is 6.89. The molecule has 9 atom stereocenters. The molecule has 0 saturated heterocycles. The highest BCUT2D eigenvalue weighted by atomic mass is 16.6. The summed E-state index contributed by atoms with van der Waals surface area (Å²) in [7, 11) is 1.64. The topological polar surface area (TPSA) is 108 Å². The largest absolute Gasteiger partial charge is 0.481 e. The number of carbonyl (C=O) groups is 3. The fraction of sp³-hybridized carbons (Fsp3) is 0.868. The quantitative estimate of drug-likeness (QED) is 0.191. The van der Waals surface area contributed by atoms with Crippen molar-refractivity contribution in [3.8, 4) is 0 Å². The number of ketones is 1. The second-order valence-electron chi connectivity index (χ2n) is 17.4. The summed E-state index contributed by atoms with van der Waals surface area (Å²) < 4.78 is 21.7. The molecule has 46 heavy (non-hydrogen) atoms. The third-order valence-electron chi connectivity index (χ3n) is 14.7. The molecule has 0 radical (unpaired) electrons. The summed E-state index contributed by atoms with van der Waals surface area (Å²) in [6.45, 7) is 18.3. The van der Waals surface area contributed by atoms with Crippen molar-refractivity contribution < 1.29 is 38.4 Å². The molecule has 5 aliphatic rings. The minimum atomic E-state index is -0.755. The molecule has 260 valence electrons. The van der Waals surface area contributed by atoms with Crippen LogP contribution in [0.1, 0.15) is 106 Å². The maximum atomic E-state index is 14.6. The molecule has 0 aromatic heterocycles. The zero-order chi connectivity index (χ0) is 33.8. The fourth-order valence-corrected chi connectivity index (χ4v) is 11.6. The van der Waals surface area contributed by atoms with Gasteiger partial charge in [0.2, 0.25) is 0 Å². The number of hydrogen-bond donors (Lipinski definition) is 1. The molecule has 4 saturated carbocycles. The molecule has 0 bridgehead atoms. The van der Waals surface area contributed by atoms with E-state index in [0.29, 0.717) is 52.3 Å². The lowest BCUT2D eigenvalue weighted by Gasteiger charge is -2.70. The van der Waals surface area contributed by atoms with E-state index in [9.17, 15) is 19.5 Å². The van der Waals surface area contributed by atoms with Crippen molar-refractivity contribution >= 4 is 17.7 Å². The Morgan fingerprint density at radius 2 is 1.46 bits per heavy atom. The first-order valence-electron chi connectivity index (χ1n) is 17.8. The van der Waals surface area contributed by atoms with Crippen molar-refractivity contribution in [1.29, 1.82) is 0 Å². The summed E-state index contributed by atoms with van der Waals surface area (Å²) in [5.41, 5.74) is -0.404. The van der Waals surface area contributed by atoms with Gasteiger partial charge in [0.1, 0.15) is 6.61 Å². The van der Waals surface area contributed by atoms with Crippen LogP contribution in [0.4, 0.5) is 0 Å². The molecule has 0 aromatic carbocycles. The second kappa shape index (κ2) is 12.6. The van der Waals surface area contributed by atoms with Gasteiger partial charge >= 0.3 is 11.9 Å². The highest BCUT2D eigenvalue weighted by molar-refractivity contribution is 5.95. The number of ether oxygens (including phenoxy) is 4. The number of carboxylic acid groups (broad SMARTS) is 1. The average molecular weight is 645 g/mol. The molecule has 0 spiro atoms. The fourth-order valence-electron chi connectivity index (χ4n) is 11.6. The van der Waals surface area contributed by atoms with Gasteiger partial charge in [-0.25, -0.2) is 0 Å². The first kappa shape index (κ1) is 35.5. The average Bonchev–Trinajstić information content (AvgIpc) is 2.97. The van der Waals surface area contributed by atoms with Crippen LogP contribution in [0.2, 0.25) is 0 Å². The van der Waals surface area contributed by atoms with Crippen molar-refractivity contribution in [3.63, 3.8) is 0 Å². The van der Waals surface area contributed by atoms with Crippen LogP contribution < -0.4 is 0 Å². The number of carbonyl (C=O) groups excluding carboxylic acids is 2. The Labute approximate surface area is 276 Å². The third-order valence-corrected chi connectivity index (χ3v) is 14.7. The lowest BCUT2D eigenvalue weighted by molar-refractivity contribution is -0.200. The summed E-state index contributed by atoms with van der Waals surface area (Å²) in [4.78, 5) is 40.5.